The van der Waals surface area contributed by atoms with Gasteiger partial charge in [-0.05, 0) is 24.3 Å². The monoisotopic (exact) mass is 273 g/mol. The molecule has 0 aliphatic rings. The number of hydrogen-bond acceptors (Lipinski definition) is 3. The third kappa shape index (κ3) is 1.94. The zero-order valence-electron chi connectivity index (χ0n) is 9.62. The number of carboxylic acids is 1. The van der Waals surface area contributed by atoms with Crippen LogP contribution in [0.3, 0.4) is 0 Å². The van der Waals surface area contributed by atoms with Gasteiger partial charge in [-0.3, -0.25) is 9.38 Å². The van der Waals surface area contributed by atoms with E-state index < -0.39 is 5.97 Å². The molecule has 94 valence electrons. The molecule has 0 fully saturated rings. The second-order valence-electron chi connectivity index (χ2n) is 3.94. The Hall–Kier alpha value is -2.40. The molecule has 5 nitrogen and oxygen atoms in total. The van der Waals surface area contributed by atoms with Gasteiger partial charge < -0.3 is 5.11 Å². The predicted molar refractivity (Wildman–Crippen MR) is 70.4 cm³/mol. The van der Waals surface area contributed by atoms with Gasteiger partial charge in [0.05, 0.1) is 11.1 Å². The van der Waals surface area contributed by atoms with Crippen molar-refractivity contribution in [2.45, 2.75) is 0 Å². The van der Waals surface area contributed by atoms with Crippen molar-refractivity contribution in [3.63, 3.8) is 0 Å². The van der Waals surface area contributed by atoms with Crippen LogP contribution in [0, 0.1) is 0 Å². The van der Waals surface area contributed by atoms with Crippen molar-refractivity contribution in [2.24, 2.45) is 0 Å². The number of pyridine rings is 2. The van der Waals surface area contributed by atoms with E-state index >= 15 is 0 Å². The number of imidazole rings is 1. The average molecular weight is 274 g/mol. The van der Waals surface area contributed by atoms with Crippen LogP contribution in [0.2, 0.25) is 5.15 Å². The van der Waals surface area contributed by atoms with Crippen molar-refractivity contribution in [3.8, 4) is 11.4 Å². The van der Waals surface area contributed by atoms with Crippen LogP contribution in [0.1, 0.15) is 10.4 Å². The minimum atomic E-state index is -0.998. The maximum Gasteiger partial charge on any atom is 0.335 e. The molecule has 3 aromatic heterocycles. The van der Waals surface area contributed by atoms with Crippen molar-refractivity contribution >= 4 is 23.1 Å². The van der Waals surface area contributed by atoms with Gasteiger partial charge in [0, 0.05) is 24.2 Å². The van der Waals surface area contributed by atoms with Gasteiger partial charge in [-0.15, -0.1) is 0 Å². The number of nitrogens with zero attached hydrogens (tertiary/aromatic N) is 3. The summed E-state index contributed by atoms with van der Waals surface area (Å²) < 4.78 is 1.74. The highest BCUT2D eigenvalue weighted by atomic mass is 35.5. The molecule has 0 bridgehead atoms. The molecule has 0 unspecified atom stereocenters. The molecule has 6 heteroatoms. The number of aromatic carboxylic acids is 1. The Labute approximate surface area is 113 Å². The first-order valence-corrected chi connectivity index (χ1v) is 5.86. The lowest BCUT2D eigenvalue weighted by atomic mass is 10.2. The molecule has 0 saturated heterocycles. The van der Waals surface area contributed by atoms with Crippen molar-refractivity contribution in [3.05, 3.63) is 53.6 Å². The summed E-state index contributed by atoms with van der Waals surface area (Å²) in [6.07, 6.45) is 4.99. The Kier molecular flexibility index (Phi) is 2.68. The van der Waals surface area contributed by atoms with Crippen LogP contribution in [0.4, 0.5) is 0 Å². The second kappa shape index (κ2) is 4.37. The SMILES string of the molecule is O=C(O)c1ccn2c(-c3cccnc3)nc(Cl)c2c1. The molecule has 0 saturated carbocycles. The van der Waals surface area contributed by atoms with E-state index in [-0.39, 0.29) is 10.7 Å². The molecule has 0 amide bonds. The minimum Gasteiger partial charge on any atom is -0.478 e. The van der Waals surface area contributed by atoms with Crippen molar-refractivity contribution in [2.75, 3.05) is 0 Å². The van der Waals surface area contributed by atoms with Gasteiger partial charge in [0.15, 0.2) is 5.15 Å². The van der Waals surface area contributed by atoms with E-state index in [4.69, 9.17) is 16.7 Å². The van der Waals surface area contributed by atoms with E-state index in [1.807, 2.05) is 6.07 Å². The smallest absolute Gasteiger partial charge is 0.335 e. The largest absolute Gasteiger partial charge is 0.478 e. The van der Waals surface area contributed by atoms with Gasteiger partial charge in [-0.1, -0.05) is 11.6 Å². The fourth-order valence-corrected chi connectivity index (χ4v) is 2.11. The Morgan fingerprint density at radius 1 is 1.37 bits per heavy atom. The van der Waals surface area contributed by atoms with E-state index in [9.17, 15) is 4.79 Å². The summed E-state index contributed by atoms with van der Waals surface area (Å²) in [6, 6.07) is 6.67. The van der Waals surface area contributed by atoms with E-state index in [0.717, 1.165) is 5.56 Å². The summed E-state index contributed by atoms with van der Waals surface area (Å²) in [7, 11) is 0. The average Bonchev–Trinajstić information content (AvgIpc) is 2.77. The van der Waals surface area contributed by atoms with Gasteiger partial charge >= 0.3 is 5.97 Å². The van der Waals surface area contributed by atoms with Gasteiger partial charge in [0.25, 0.3) is 0 Å². The highest BCUT2D eigenvalue weighted by Crippen LogP contribution is 2.25. The van der Waals surface area contributed by atoms with Crippen LogP contribution in [-0.4, -0.2) is 25.4 Å². The molecule has 0 aliphatic heterocycles. The highest BCUT2D eigenvalue weighted by molar-refractivity contribution is 6.33. The normalized spacial score (nSPS) is 10.8. The Morgan fingerprint density at radius 2 is 2.21 bits per heavy atom. The van der Waals surface area contributed by atoms with Crippen molar-refractivity contribution in [1.82, 2.24) is 14.4 Å². The second-order valence-corrected chi connectivity index (χ2v) is 4.30. The number of rotatable bonds is 2. The third-order valence-electron chi connectivity index (χ3n) is 2.77. The summed E-state index contributed by atoms with van der Waals surface area (Å²) in [5.74, 6) is -0.368. The molecule has 0 radical (unpaired) electrons. The van der Waals surface area contributed by atoms with Gasteiger partial charge in [0.1, 0.15) is 5.82 Å². The summed E-state index contributed by atoms with van der Waals surface area (Å²) in [5, 5.41) is 9.24. The lowest BCUT2D eigenvalue weighted by Gasteiger charge is -2.01. The van der Waals surface area contributed by atoms with Crippen molar-refractivity contribution in [1.29, 1.82) is 0 Å². The van der Waals surface area contributed by atoms with Crippen LogP contribution in [0.25, 0.3) is 16.9 Å². The molecule has 0 aliphatic carbocycles. The molecule has 0 aromatic carbocycles. The lowest BCUT2D eigenvalue weighted by molar-refractivity contribution is 0.0697. The number of halogens is 1. The molecule has 0 atom stereocenters. The molecule has 3 aromatic rings. The first-order valence-electron chi connectivity index (χ1n) is 5.48. The zero-order chi connectivity index (χ0) is 13.4. The quantitative estimate of drug-likeness (QED) is 0.779. The maximum absolute atomic E-state index is 10.9. The fraction of sp³-hybridized carbons (Fsp3) is 0. The molecule has 19 heavy (non-hydrogen) atoms. The number of carboxylic acid groups (broad SMARTS) is 1. The van der Waals surface area contributed by atoms with Gasteiger partial charge in [-0.25, -0.2) is 9.78 Å². The van der Waals surface area contributed by atoms with Crippen LogP contribution in [0.15, 0.2) is 42.9 Å². The first-order chi connectivity index (χ1) is 9.16. The van der Waals surface area contributed by atoms with Crippen LogP contribution in [0.5, 0.6) is 0 Å². The van der Waals surface area contributed by atoms with Gasteiger partial charge in [0.2, 0.25) is 0 Å². The maximum atomic E-state index is 10.9. The van der Waals surface area contributed by atoms with Gasteiger partial charge in [-0.2, -0.15) is 0 Å². The molecular formula is C13H8ClN3O2. The standard InChI is InChI=1S/C13H8ClN3O2/c14-11-10-6-8(13(18)19)3-5-17(10)12(16-11)9-2-1-4-15-7-9/h1-7H,(H,18,19). The third-order valence-corrected chi connectivity index (χ3v) is 3.04. The minimum absolute atomic E-state index is 0.173. The lowest BCUT2D eigenvalue weighted by Crippen LogP contribution is -1.98. The van der Waals surface area contributed by atoms with Crippen LogP contribution >= 0.6 is 11.6 Å². The fourth-order valence-electron chi connectivity index (χ4n) is 1.88. The molecule has 0 spiro atoms. The zero-order valence-corrected chi connectivity index (χ0v) is 10.4. The van der Waals surface area contributed by atoms with E-state index in [1.165, 1.54) is 12.1 Å². The molecular weight excluding hydrogens is 266 g/mol. The Morgan fingerprint density at radius 3 is 2.89 bits per heavy atom. The van der Waals surface area contributed by atoms with Crippen LogP contribution < -0.4 is 0 Å². The topological polar surface area (TPSA) is 67.5 Å². The Bertz CT molecular complexity index is 768. The van der Waals surface area contributed by atoms with E-state index in [2.05, 4.69) is 9.97 Å². The predicted octanol–water partition coefficient (Wildman–Crippen LogP) is 2.75. The number of carbonyl (C=O) groups is 1. The van der Waals surface area contributed by atoms with E-state index in [1.54, 1.807) is 29.1 Å². The summed E-state index contributed by atoms with van der Waals surface area (Å²) >= 11 is 6.06. The summed E-state index contributed by atoms with van der Waals surface area (Å²) in [6.45, 7) is 0. The molecule has 3 rings (SSSR count). The molecule has 3 heterocycles. The van der Waals surface area contributed by atoms with Crippen molar-refractivity contribution < 1.29 is 9.90 Å². The summed E-state index contributed by atoms with van der Waals surface area (Å²) in [4.78, 5) is 19.2. The number of fused-ring (bicyclic) bond motifs is 1. The molecule has 1 N–H and O–H groups in total. The van der Waals surface area contributed by atoms with Crippen LogP contribution in [-0.2, 0) is 0 Å². The first kappa shape index (κ1) is 11.7. The number of aromatic nitrogens is 3. The number of hydrogen-bond donors (Lipinski definition) is 1. The Balaban J connectivity index is 2.26. The summed E-state index contributed by atoms with van der Waals surface area (Å²) in [5.41, 5.74) is 1.54. The highest BCUT2D eigenvalue weighted by Gasteiger charge is 2.13. The van der Waals surface area contributed by atoms with E-state index in [0.29, 0.717) is 11.3 Å².